The molecule has 0 fully saturated rings. The normalized spacial score (nSPS) is 19.2. The molecule has 1 amide bonds. The van der Waals surface area contributed by atoms with Gasteiger partial charge in [0, 0.05) is 23.4 Å². The number of ketones is 1. The molecule has 1 aromatic carbocycles. The largest absolute Gasteiger partial charge is 0.468 e. The molecule has 0 saturated heterocycles. The average Bonchev–Trinajstić information content (AvgIpc) is 3.19. The van der Waals surface area contributed by atoms with Gasteiger partial charge in [0.25, 0.3) is 0 Å². The van der Waals surface area contributed by atoms with Crippen LogP contribution < -0.4 is 10.6 Å². The van der Waals surface area contributed by atoms with Crippen molar-refractivity contribution in [2.45, 2.75) is 39.0 Å². The maximum atomic E-state index is 12.7. The second-order valence-electron chi connectivity index (χ2n) is 7.06. The number of Topliss-reactive ketones (excluding diaryl/α,β-unsaturated/α-hetero) is 1. The van der Waals surface area contributed by atoms with Crippen molar-refractivity contribution in [1.29, 1.82) is 0 Å². The van der Waals surface area contributed by atoms with Crippen LogP contribution in [0.5, 0.6) is 0 Å². The van der Waals surface area contributed by atoms with Crippen molar-refractivity contribution in [3.05, 3.63) is 76.7 Å². The summed E-state index contributed by atoms with van der Waals surface area (Å²) in [5.41, 5.74) is 3.83. The van der Waals surface area contributed by atoms with E-state index in [-0.39, 0.29) is 5.78 Å². The number of carbonyl (C=O) groups excluding carboxylic acids is 2. The molecule has 6 nitrogen and oxygen atoms in total. The van der Waals surface area contributed by atoms with Crippen LogP contribution in [-0.2, 0) is 9.53 Å². The van der Waals surface area contributed by atoms with Crippen LogP contribution in [0.15, 0.2) is 69.8 Å². The van der Waals surface area contributed by atoms with Crippen LogP contribution in [0.25, 0.3) is 0 Å². The molecule has 1 aliphatic carbocycles. The van der Waals surface area contributed by atoms with Crippen molar-refractivity contribution < 1.29 is 18.7 Å². The minimum Gasteiger partial charge on any atom is -0.468 e. The molecule has 0 radical (unpaired) electrons. The summed E-state index contributed by atoms with van der Waals surface area (Å²) < 4.78 is 11.3. The Balaban J connectivity index is 1.65. The summed E-state index contributed by atoms with van der Waals surface area (Å²) in [5.74, 6) is 0.502. The number of ether oxygens (including phenoxy) is 1. The van der Waals surface area contributed by atoms with Gasteiger partial charge < -0.3 is 14.5 Å². The highest BCUT2D eigenvalue weighted by molar-refractivity contribution is 5.99. The Morgan fingerprint density at radius 1 is 1.18 bits per heavy atom. The van der Waals surface area contributed by atoms with Gasteiger partial charge in [-0.1, -0.05) is 18.2 Å². The molecule has 28 heavy (non-hydrogen) atoms. The molecule has 0 spiro atoms. The summed E-state index contributed by atoms with van der Waals surface area (Å²) in [4.78, 5) is 25.3. The fourth-order valence-electron chi connectivity index (χ4n) is 3.77. The highest BCUT2D eigenvalue weighted by atomic mass is 16.6. The van der Waals surface area contributed by atoms with E-state index in [1.54, 1.807) is 18.4 Å². The monoisotopic (exact) mass is 378 g/mol. The van der Waals surface area contributed by atoms with E-state index in [1.807, 2.05) is 38.1 Å². The molecule has 0 saturated carbocycles. The molecule has 1 aromatic heterocycles. The lowest BCUT2D eigenvalue weighted by molar-refractivity contribution is -0.116. The number of hydrogen-bond donors (Lipinski definition) is 2. The number of furan rings is 1. The maximum Gasteiger partial charge on any atom is 0.416 e. The summed E-state index contributed by atoms with van der Waals surface area (Å²) >= 11 is 0. The number of carbonyl (C=O) groups is 2. The predicted molar refractivity (Wildman–Crippen MR) is 104 cm³/mol. The topological polar surface area (TPSA) is 80.6 Å². The molecular weight excluding hydrogens is 356 g/mol. The lowest BCUT2D eigenvalue weighted by atomic mass is 9.81. The van der Waals surface area contributed by atoms with Gasteiger partial charge in [0.2, 0.25) is 0 Å². The Morgan fingerprint density at radius 2 is 2.00 bits per heavy atom. The van der Waals surface area contributed by atoms with Gasteiger partial charge in [0.1, 0.15) is 17.4 Å². The molecule has 2 N–H and O–H groups in total. The number of rotatable bonds is 3. The highest BCUT2D eigenvalue weighted by Crippen LogP contribution is 2.42. The molecular formula is C22H22N2O4. The zero-order valence-corrected chi connectivity index (χ0v) is 15.9. The standard InChI is InChI=1S/C22H22N2O4/c1-13-7-3-4-8-15(13)24-22(26)28-21-14(2)23-16-9-5-10-17(25)19(16)20(21)18-11-6-12-27-18/h3-4,6-8,11-12,20,23H,5,9-10H2,1-2H3,(H,24,26). The smallest absolute Gasteiger partial charge is 0.416 e. The lowest BCUT2D eigenvalue weighted by Gasteiger charge is -2.32. The van der Waals surface area contributed by atoms with Crippen molar-refractivity contribution in [2.75, 3.05) is 5.32 Å². The first-order valence-corrected chi connectivity index (χ1v) is 9.36. The Hall–Kier alpha value is -3.28. The second-order valence-corrected chi connectivity index (χ2v) is 7.06. The summed E-state index contributed by atoms with van der Waals surface area (Å²) in [5, 5.41) is 6.04. The van der Waals surface area contributed by atoms with Gasteiger partial charge in [-0.05, 0) is 50.5 Å². The molecule has 2 heterocycles. The Bertz CT molecular complexity index is 986. The van der Waals surface area contributed by atoms with E-state index >= 15 is 0 Å². The number of nitrogens with one attached hydrogen (secondary N) is 2. The molecule has 1 unspecified atom stereocenters. The SMILES string of the molecule is CC1=C(OC(=O)Nc2ccccc2C)C(c2ccco2)C2=C(CCCC2=O)N1. The van der Waals surface area contributed by atoms with Gasteiger partial charge in [0.05, 0.1) is 12.0 Å². The average molecular weight is 378 g/mol. The zero-order chi connectivity index (χ0) is 19.7. The number of anilines is 1. The number of aryl methyl sites for hydroxylation is 1. The summed E-state index contributed by atoms with van der Waals surface area (Å²) in [6, 6.07) is 11.0. The maximum absolute atomic E-state index is 12.7. The molecule has 144 valence electrons. The van der Waals surface area contributed by atoms with E-state index in [1.165, 1.54) is 0 Å². The van der Waals surface area contributed by atoms with Crippen LogP contribution in [0.2, 0.25) is 0 Å². The third-order valence-electron chi connectivity index (χ3n) is 5.13. The van der Waals surface area contributed by atoms with E-state index in [2.05, 4.69) is 10.6 Å². The van der Waals surface area contributed by atoms with Crippen molar-refractivity contribution in [1.82, 2.24) is 5.32 Å². The molecule has 6 heteroatoms. The van der Waals surface area contributed by atoms with Crippen molar-refractivity contribution >= 4 is 17.6 Å². The number of benzene rings is 1. The van der Waals surface area contributed by atoms with Gasteiger partial charge in [0.15, 0.2) is 5.78 Å². The summed E-state index contributed by atoms with van der Waals surface area (Å²) in [6.07, 6.45) is 3.05. The Morgan fingerprint density at radius 3 is 2.75 bits per heavy atom. The first-order valence-electron chi connectivity index (χ1n) is 9.36. The quantitative estimate of drug-likeness (QED) is 0.805. The second kappa shape index (κ2) is 7.38. The summed E-state index contributed by atoms with van der Waals surface area (Å²) in [6.45, 7) is 3.75. The number of allylic oxidation sites excluding steroid dienone is 3. The first-order chi connectivity index (χ1) is 13.5. The number of dihydropyridines is 1. The van der Waals surface area contributed by atoms with Crippen LogP contribution in [0.3, 0.4) is 0 Å². The van der Waals surface area contributed by atoms with Crippen LogP contribution in [0.4, 0.5) is 10.5 Å². The Kier molecular flexibility index (Phi) is 4.77. The fraction of sp³-hybridized carbons (Fsp3) is 0.273. The first kappa shape index (κ1) is 18.1. The van der Waals surface area contributed by atoms with Gasteiger partial charge in [-0.3, -0.25) is 10.1 Å². The molecule has 1 aliphatic heterocycles. The fourth-order valence-corrected chi connectivity index (χ4v) is 3.77. The van der Waals surface area contributed by atoms with Crippen molar-refractivity contribution in [3.8, 4) is 0 Å². The molecule has 2 aliphatic rings. The lowest BCUT2D eigenvalue weighted by Crippen LogP contribution is -2.33. The zero-order valence-electron chi connectivity index (χ0n) is 15.9. The highest BCUT2D eigenvalue weighted by Gasteiger charge is 2.39. The molecule has 2 aromatic rings. The number of para-hydroxylation sites is 1. The van der Waals surface area contributed by atoms with Crippen LogP contribution in [0, 0.1) is 6.92 Å². The minimum atomic E-state index is -0.602. The predicted octanol–water partition coefficient (Wildman–Crippen LogP) is 4.76. The van der Waals surface area contributed by atoms with E-state index in [4.69, 9.17) is 9.15 Å². The molecule has 1 atom stereocenters. The minimum absolute atomic E-state index is 0.0584. The number of amides is 1. The van der Waals surface area contributed by atoms with Crippen LogP contribution >= 0.6 is 0 Å². The van der Waals surface area contributed by atoms with Gasteiger partial charge >= 0.3 is 6.09 Å². The van der Waals surface area contributed by atoms with Crippen molar-refractivity contribution in [3.63, 3.8) is 0 Å². The van der Waals surface area contributed by atoms with Crippen molar-refractivity contribution in [2.24, 2.45) is 0 Å². The van der Waals surface area contributed by atoms with Gasteiger partial charge in [-0.15, -0.1) is 0 Å². The van der Waals surface area contributed by atoms with Crippen LogP contribution in [-0.4, -0.2) is 11.9 Å². The van der Waals surface area contributed by atoms with Crippen LogP contribution in [0.1, 0.15) is 43.4 Å². The van der Waals surface area contributed by atoms with E-state index < -0.39 is 12.0 Å². The van der Waals surface area contributed by atoms with Gasteiger partial charge in [-0.2, -0.15) is 0 Å². The number of hydrogen-bond acceptors (Lipinski definition) is 5. The molecule has 0 bridgehead atoms. The van der Waals surface area contributed by atoms with E-state index in [0.29, 0.717) is 34.9 Å². The third kappa shape index (κ3) is 3.33. The van der Waals surface area contributed by atoms with E-state index in [9.17, 15) is 9.59 Å². The Labute approximate surface area is 163 Å². The van der Waals surface area contributed by atoms with E-state index in [0.717, 1.165) is 24.1 Å². The summed E-state index contributed by atoms with van der Waals surface area (Å²) in [7, 11) is 0. The third-order valence-corrected chi connectivity index (χ3v) is 5.13. The van der Waals surface area contributed by atoms with Gasteiger partial charge in [-0.25, -0.2) is 4.79 Å². The molecule has 4 rings (SSSR count).